The van der Waals surface area contributed by atoms with E-state index in [1.54, 1.807) is 0 Å². The van der Waals surface area contributed by atoms with E-state index >= 15 is 0 Å². The molecule has 1 saturated carbocycles. The third-order valence-corrected chi connectivity index (χ3v) is 6.36. The SMILES string of the molecule is CCC(C(C)C)C(C)C(C(C)C)C(CN)CCCCC1CC1. The minimum absolute atomic E-state index is 0.724. The Kier molecular flexibility index (Phi) is 9.05. The molecule has 0 heterocycles. The molecule has 0 saturated heterocycles. The normalized spacial score (nSPS) is 21.1. The summed E-state index contributed by atoms with van der Waals surface area (Å²) in [4.78, 5) is 0. The number of nitrogens with two attached hydrogens (primary N) is 1. The largest absolute Gasteiger partial charge is 0.330 e. The van der Waals surface area contributed by atoms with Crippen LogP contribution in [0.15, 0.2) is 0 Å². The smallest absolute Gasteiger partial charge is 0.00460 e. The third kappa shape index (κ3) is 6.22. The molecule has 132 valence electrons. The highest BCUT2D eigenvalue weighted by Crippen LogP contribution is 2.40. The molecule has 2 N–H and O–H groups in total. The second-order valence-electron chi connectivity index (χ2n) is 8.72. The molecule has 0 amide bonds. The van der Waals surface area contributed by atoms with Gasteiger partial charge in [-0.1, -0.05) is 80.1 Å². The zero-order valence-corrected chi connectivity index (χ0v) is 16.3. The lowest BCUT2D eigenvalue weighted by Crippen LogP contribution is -2.36. The fourth-order valence-corrected chi connectivity index (χ4v) is 5.03. The van der Waals surface area contributed by atoms with Gasteiger partial charge in [-0.2, -0.15) is 0 Å². The van der Waals surface area contributed by atoms with Crippen LogP contribution in [0.25, 0.3) is 0 Å². The molecular formula is C21H43N. The Morgan fingerprint density at radius 1 is 0.955 bits per heavy atom. The Morgan fingerprint density at radius 2 is 1.59 bits per heavy atom. The lowest BCUT2D eigenvalue weighted by Gasteiger charge is -2.40. The van der Waals surface area contributed by atoms with Crippen molar-refractivity contribution in [2.45, 2.75) is 86.5 Å². The van der Waals surface area contributed by atoms with Gasteiger partial charge in [-0.3, -0.25) is 0 Å². The Labute approximate surface area is 140 Å². The van der Waals surface area contributed by atoms with Gasteiger partial charge in [0.2, 0.25) is 0 Å². The molecule has 1 rings (SSSR count). The maximum Gasteiger partial charge on any atom is -0.00460 e. The molecule has 4 atom stereocenters. The van der Waals surface area contributed by atoms with Gasteiger partial charge in [0.1, 0.15) is 0 Å². The molecule has 1 heteroatoms. The Hall–Kier alpha value is -0.0400. The highest BCUT2D eigenvalue weighted by atomic mass is 14.6. The van der Waals surface area contributed by atoms with Gasteiger partial charge >= 0.3 is 0 Å². The molecule has 4 unspecified atom stereocenters. The first-order valence-corrected chi connectivity index (χ1v) is 10.1. The van der Waals surface area contributed by atoms with Crippen molar-refractivity contribution in [3.05, 3.63) is 0 Å². The van der Waals surface area contributed by atoms with Crippen LogP contribution in [0.3, 0.4) is 0 Å². The topological polar surface area (TPSA) is 26.0 Å². The van der Waals surface area contributed by atoms with Crippen LogP contribution < -0.4 is 5.73 Å². The maximum absolute atomic E-state index is 6.22. The van der Waals surface area contributed by atoms with Crippen LogP contribution in [0.5, 0.6) is 0 Å². The monoisotopic (exact) mass is 309 g/mol. The summed E-state index contributed by atoms with van der Waals surface area (Å²) in [6.07, 6.45) is 9.96. The van der Waals surface area contributed by atoms with Crippen molar-refractivity contribution in [1.82, 2.24) is 0 Å². The highest BCUT2D eigenvalue weighted by Gasteiger charge is 2.33. The molecule has 1 aliphatic rings. The summed E-state index contributed by atoms with van der Waals surface area (Å²) < 4.78 is 0. The molecule has 0 aromatic carbocycles. The average molecular weight is 310 g/mol. The van der Waals surface area contributed by atoms with Crippen LogP contribution in [0.4, 0.5) is 0 Å². The van der Waals surface area contributed by atoms with Crippen molar-refractivity contribution in [3.8, 4) is 0 Å². The molecule has 0 radical (unpaired) electrons. The molecule has 22 heavy (non-hydrogen) atoms. The zero-order chi connectivity index (χ0) is 16.7. The van der Waals surface area contributed by atoms with Crippen molar-refractivity contribution in [2.24, 2.45) is 47.2 Å². The van der Waals surface area contributed by atoms with E-state index in [2.05, 4.69) is 41.5 Å². The summed E-state index contributed by atoms with van der Waals surface area (Å²) >= 11 is 0. The van der Waals surface area contributed by atoms with E-state index in [0.29, 0.717) is 0 Å². The summed E-state index contributed by atoms with van der Waals surface area (Å²) in [5.41, 5.74) is 6.22. The number of unbranched alkanes of at least 4 members (excludes halogenated alkanes) is 1. The average Bonchev–Trinajstić information content (AvgIpc) is 3.25. The first kappa shape index (κ1) is 20.0. The quantitative estimate of drug-likeness (QED) is 0.432. The molecule has 0 spiro atoms. The first-order valence-electron chi connectivity index (χ1n) is 10.1. The van der Waals surface area contributed by atoms with Gasteiger partial charge in [-0.15, -0.1) is 0 Å². The molecule has 1 fully saturated rings. The summed E-state index contributed by atoms with van der Waals surface area (Å²) in [6, 6.07) is 0. The van der Waals surface area contributed by atoms with Crippen molar-refractivity contribution < 1.29 is 0 Å². The number of hydrogen-bond donors (Lipinski definition) is 1. The molecular weight excluding hydrogens is 266 g/mol. The molecule has 0 aliphatic heterocycles. The van der Waals surface area contributed by atoms with Crippen LogP contribution in [-0.2, 0) is 0 Å². The van der Waals surface area contributed by atoms with Gasteiger partial charge < -0.3 is 5.73 Å². The van der Waals surface area contributed by atoms with E-state index in [1.165, 1.54) is 44.9 Å². The van der Waals surface area contributed by atoms with Gasteiger partial charge in [0, 0.05) is 0 Å². The molecule has 0 aromatic heterocycles. The minimum Gasteiger partial charge on any atom is -0.330 e. The molecule has 1 aliphatic carbocycles. The van der Waals surface area contributed by atoms with E-state index in [-0.39, 0.29) is 0 Å². The van der Waals surface area contributed by atoms with E-state index < -0.39 is 0 Å². The van der Waals surface area contributed by atoms with Crippen LogP contribution in [0.1, 0.15) is 86.5 Å². The van der Waals surface area contributed by atoms with E-state index in [4.69, 9.17) is 5.73 Å². The standard InChI is InChI=1S/C21H43N/c1-7-20(15(2)3)17(6)21(16(4)5)19(14-22)11-9-8-10-18-12-13-18/h15-21H,7-14,22H2,1-6H3. The van der Waals surface area contributed by atoms with Crippen molar-refractivity contribution in [3.63, 3.8) is 0 Å². The lowest BCUT2D eigenvalue weighted by atomic mass is 9.66. The van der Waals surface area contributed by atoms with Crippen LogP contribution >= 0.6 is 0 Å². The van der Waals surface area contributed by atoms with E-state index in [1.807, 2.05) is 0 Å². The fraction of sp³-hybridized carbons (Fsp3) is 1.00. The van der Waals surface area contributed by atoms with Crippen molar-refractivity contribution >= 4 is 0 Å². The predicted octanol–water partition coefficient (Wildman–Crippen LogP) is 6.12. The van der Waals surface area contributed by atoms with Gasteiger partial charge in [-0.05, 0) is 54.4 Å². The van der Waals surface area contributed by atoms with Crippen molar-refractivity contribution in [1.29, 1.82) is 0 Å². The Morgan fingerprint density at radius 3 is 2.00 bits per heavy atom. The molecule has 0 aromatic rings. The fourth-order valence-electron chi connectivity index (χ4n) is 5.03. The van der Waals surface area contributed by atoms with Gasteiger partial charge in [0.15, 0.2) is 0 Å². The van der Waals surface area contributed by atoms with Gasteiger partial charge in [-0.25, -0.2) is 0 Å². The van der Waals surface area contributed by atoms with E-state index in [0.717, 1.165) is 48.0 Å². The van der Waals surface area contributed by atoms with Crippen molar-refractivity contribution in [2.75, 3.05) is 6.54 Å². The third-order valence-electron chi connectivity index (χ3n) is 6.36. The molecule has 0 bridgehead atoms. The Bertz CT molecular complexity index is 280. The lowest BCUT2D eigenvalue weighted by molar-refractivity contribution is 0.0962. The number of rotatable bonds is 12. The predicted molar refractivity (Wildman–Crippen MR) is 99.8 cm³/mol. The van der Waals surface area contributed by atoms with Crippen LogP contribution in [-0.4, -0.2) is 6.54 Å². The van der Waals surface area contributed by atoms with Gasteiger partial charge in [0.25, 0.3) is 0 Å². The second-order valence-corrected chi connectivity index (χ2v) is 8.72. The molecule has 1 nitrogen and oxygen atoms in total. The minimum atomic E-state index is 0.724. The van der Waals surface area contributed by atoms with Crippen LogP contribution in [0, 0.1) is 41.4 Å². The first-order chi connectivity index (χ1) is 10.4. The second kappa shape index (κ2) is 9.96. The summed E-state index contributed by atoms with van der Waals surface area (Å²) in [5, 5.41) is 0. The van der Waals surface area contributed by atoms with Gasteiger partial charge in [0.05, 0.1) is 0 Å². The summed E-state index contributed by atoms with van der Waals surface area (Å²) in [6.45, 7) is 15.4. The summed E-state index contributed by atoms with van der Waals surface area (Å²) in [7, 11) is 0. The maximum atomic E-state index is 6.22. The number of hydrogen-bond acceptors (Lipinski definition) is 1. The van der Waals surface area contributed by atoms with Crippen LogP contribution in [0.2, 0.25) is 0 Å². The Balaban J connectivity index is 2.58. The highest BCUT2D eigenvalue weighted by molar-refractivity contribution is 4.83. The van der Waals surface area contributed by atoms with E-state index in [9.17, 15) is 0 Å². The zero-order valence-electron chi connectivity index (χ0n) is 16.3. The summed E-state index contributed by atoms with van der Waals surface area (Å²) in [5.74, 6) is 5.77.